The third kappa shape index (κ3) is 2.99. The van der Waals surface area contributed by atoms with Gasteiger partial charge in [0.15, 0.2) is 0 Å². The van der Waals surface area contributed by atoms with Gasteiger partial charge in [-0.15, -0.1) is 0 Å². The Balaban J connectivity index is 2.23. The minimum atomic E-state index is 0.135. The number of ether oxygens (including phenoxy) is 1. The Morgan fingerprint density at radius 1 is 1.29 bits per heavy atom. The van der Waals surface area contributed by atoms with Crippen molar-refractivity contribution in [1.82, 2.24) is 0 Å². The van der Waals surface area contributed by atoms with E-state index in [1.54, 1.807) is 0 Å². The lowest BCUT2D eigenvalue weighted by atomic mass is 10.0. The van der Waals surface area contributed by atoms with E-state index in [4.69, 9.17) is 10.5 Å². The zero-order valence-corrected chi connectivity index (χ0v) is 10.6. The van der Waals surface area contributed by atoms with Crippen molar-refractivity contribution < 1.29 is 4.74 Å². The topological polar surface area (TPSA) is 38.5 Å². The van der Waals surface area contributed by atoms with Crippen molar-refractivity contribution in [2.24, 2.45) is 5.73 Å². The molecule has 1 aliphatic rings. The molecule has 0 spiro atoms. The van der Waals surface area contributed by atoms with Crippen molar-refractivity contribution >= 4 is 5.69 Å². The SMILES string of the molecule is CC[C@H](N)c1ccccc1N1CCCOCC1. The van der Waals surface area contributed by atoms with Gasteiger partial charge >= 0.3 is 0 Å². The highest BCUT2D eigenvalue weighted by molar-refractivity contribution is 5.55. The molecule has 0 unspecified atom stereocenters. The second-order valence-electron chi connectivity index (χ2n) is 4.53. The number of para-hydroxylation sites is 1. The van der Waals surface area contributed by atoms with Crippen LogP contribution in [0.3, 0.4) is 0 Å². The van der Waals surface area contributed by atoms with Crippen LogP contribution >= 0.6 is 0 Å². The number of nitrogens with zero attached hydrogens (tertiary/aromatic N) is 1. The third-order valence-corrected chi connectivity index (χ3v) is 3.34. The van der Waals surface area contributed by atoms with Crippen molar-refractivity contribution in [3.8, 4) is 0 Å². The van der Waals surface area contributed by atoms with Gasteiger partial charge < -0.3 is 15.4 Å². The molecule has 1 aromatic rings. The first-order chi connectivity index (χ1) is 8.33. The van der Waals surface area contributed by atoms with Crippen molar-refractivity contribution in [3.63, 3.8) is 0 Å². The van der Waals surface area contributed by atoms with Crippen molar-refractivity contribution in [3.05, 3.63) is 29.8 Å². The molecule has 1 aliphatic heterocycles. The lowest BCUT2D eigenvalue weighted by Crippen LogP contribution is -2.28. The summed E-state index contributed by atoms with van der Waals surface area (Å²) in [7, 11) is 0. The minimum Gasteiger partial charge on any atom is -0.380 e. The summed E-state index contributed by atoms with van der Waals surface area (Å²) in [6.07, 6.45) is 2.07. The van der Waals surface area contributed by atoms with Crippen LogP contribution in [0, 0.1) is 0 Å². The Morgan fingerprint density at radius 2 is 2.12 bits per heavy atom. The Morgan fingerprint density at radius 3 is 2.94 bits per heavy atom. The van der Waals surface area contributed by atoms with Crippen LogP contribution in [0.5, 0.6) is 0 Å². The van der Waals surface area contributed by atoms with Gasteiger partial charge in [-0.3, -0.25) is 0 Å². The molecule has 17 heavy (non-hydrogen) atoms. The zero-order chi connectivity index (χ0) is 12.1. The lowest BCUT2D eigenvalue weighted by Gasteiger charge is -2.26. The van der Waals surface area contributed by atoms with E-state index in [2.05, 4.69) is 36.1 Å². The van der Waals surface area contributed by atoms with E-state index < -0.39 is 0 Å². The van der Waals surface area contributed by atoms with E-state index >= 15 is 0 Å². The molecule has 3 nitrogen and oxygen atoms in total. The smallest absolute Gasteiger partial charge is 0.0641 e. The number of benzene rings is 1. The van der Waals surface area contributed by atoms with Gasteiger partial charge in [0, 0.05) is 31.4 Å². The largest absolute Gasteiger partial charge is 0.380 e. The highest BCUT2D eigenvalue weighted by Gasteiger charge is 2.15. The van der Waals surface area contributed by atoms with Crippen LogP contribution in [0.2, 0.25) is 0 Å². The summed E-state index contributed by atoms with van der Waals surface area (Å²) in [5.41, 5.74) is 8.73. The first kappa shape index (κ1) is 12.4. The molecule has 3 heteroatoms. The van der Waals surface area contributed by atoms with Gasteiger partial charge in [-0.1, -0.05) is 25.1 Å². The maximum absolute atomic E-state index is 6.18. The van der Waals surface area contributed by atoms with Gasteiger partial charge in [-0.05, 0) is 24.5 Å². The van der Waals surface area contributed by atoms with E-state index in [9.17, 15) is 0 Å². The third-order valence-electron chi connectivity index (χ3n) is 3.34. The molecule has 1 atom stereocenters. The minimum absolute atomic E-state index is 0.135. The predicted octanol–water partition coefficient (Wildman–Crippen LogP) is 2.32. The molecule has 1 saturated heterocycles. The second-order valence-corrected chi connectivity index (χ2v) is 4.53. The molecule has 0 amide bonds. The average Bonchev–Trinajstić information content (AvgIpc) is 2.66. The van der Waals surface area contributed by atoms with E-state index in [-0.39, 0.29) is 6.04 Å². The van der Waals surface area contributed by atoms with Crippen LogP contribution in [-0.2, 0) is 4.74 Å². The summed E-state index contributed by atoms with van der Waals surface area (Å²) in [5, 5.41) is 0. The van der Waals surface area contributed by atoms with Gasteiger partial charge in [0.05, 0.1) is 6.61 Å². The fraction of sp³-hybridized carbons (Fsp3) is 0.571. The lowest BCUT2D eigenvalue weighted by molar-refractivity contribution is 0.152. The highest BCUT2D eigenvalue weighted by Crippen LogP contribution is 2.27. The van der Waals surface area contributed by atoms with Crippen molar-refractivity contribution in [1.29, 1.82) is 0 Å². The molecule has 0 saturated carbocycles. The first-order valence-corrected chi connectivity index (χ1v) is 6.50. The molecule has 1 heterocycles. The van der Waals surface area contributed by atoms with Gasteiger partial charge in [-0.25, -0.2) is 0 Å². The predicted molar refractivity (Wildman–Crippen MR) is 71.3 cm³/mol. The summed E-state index contributed by atoms with van der Waals surface area (Å²) in [4.78, 5) is 2.40. The molecule has 1 aromatic carbocycles. The fourth-order valence-electron chi connectivity index (χ4n) is 2.30. The normalized spacial score (nSPS) is 18.8. The molecule has 0 bridgehead atoms. The summed E-state index contributed by atoms with van der Waals surface area (Å²) in [6, 6.07) is 8.62. The number of nitrogens with two attached hydrogens (primary N) is 1. The molecule has 2 N–H and O–H groups in total. The van der Waals surface area contributed by atoms with Crippen molar-refractivity contribution in [2.45, 2.75) is 25.8 Å². The Kier molecular flexibility index (Phi) is 4.40. The fourth-order valence-corrected chi connectivity index (χ4v) is 2.30. The number of anilines is 1. The standard InChI is InChI=1S/C14H22N2O/c1-2-13(15)12-6-3-4-7-14(12)16-8-5-10-17-11-9-16/h3-4,6-7,13H,2,5,8-11,15H2,1H3/t13-/m0/s1. The van der Waals surface area contributed by atoms with E-state index in [1.807, 2.05) is 0 Å². The Labute approximate surface area is 104 Å². The molecule has 2 rings (SSSR count). The van der Waals surface area contributed by atoms with Crippen LogP contribution in [0.15, 0.2) is 24.3 Å². The maximum atomic E-state index is 6.18. The molecular weight excluding hydrogens is 212 g/mol. The van der Waals surface area contributed by atoms with E-state index in [0.29, 0.717) is 0 Å². The Bertz CT molecular complexity index is 346. The van der Waals surface area contributed by atoms with Crippen LogP contribution < -0.4 is 10.6 Å². The van der Waals surface area contributed by atoms with Crippen LogP contribution in [0.1, 0.15) is 31.4 Å². The van der Waals surface area contributed by atoms with Gasteiger partial charge in [0.25, 0.3) is 0 Å². The van der Waals surface area contributed by atoms with E-state index in [0.717, 1.165) is 39.1 Å². The molecule has 0 aromatic heterocycles. The summed E-state index contributed by atoms with van der Waals surface area (Å²) >= 11 is 0. The zero-order valence-electron chi connectivity index (χ0n) is 10.6. The van der Waals surface area contributed by atoms with Crippen LogP contribution in [0.25, 0.3) is 0 Å². The summed E-state index contributed by atoms with van der Waals surface area (Å²) < 4.78 is 5.50. The van der Waals surface area contributed by atoms with Crippen LogP contribution in [0.4, 0.5) is 5.69 Å². The van der Waals surface area contributed by atoms with Crippen molar-refractivity contribution in [2.75, 3.05) is 31.2 Å². The quantitative estimate of drug-likeness (QED) is 0.872. The van der Waals surface area contributed by atoms with E-state index in [1.165, 1.54) is 11.3 Å². The monoisotopic (exact) mass is 234 g/mol. The molecule has 0 radical (unpaired) electrons. The Hall–Kier alpha value is -1.06. The molecule has 1 fully saturated rings. The number of hydrogen-bond acceptors (Lipinski definition) is 3. The average molecular weight is 234 g/mol. The van der Waals surface area contributed by atoms with Crippen LogP contribution in [-0.4, -0.2) is 26.3 Å². The number of hydrogen-bond donors (Lipinski definition) is 1. The summed E-state index contributed by atoms with van der Waals surface area (Å²) in [5.74, 6) is 0. The molecular formula is C14H22N2O. The molecule has 0 aliphatic carbocycles. The number of rotatable bonds is 3. The maximum Gasteiger partial charge on any atom is 0.0641 e. The van der Waals surface area contributed by atoms with Gasteiger partial charge in [0.2, 0.25) is 0 Å². The van der Waals surface area contributed by atoms with Gasteiger partial charge in [-0.2, -0.15) is 0 Å². The molecule has 94 valence electrons. The first-order valence-electron chi connectivity index (χ1n) is 6.50. The summed E-state index contributed by atoms with van der Waals surface area (Å²) in [6.45, 7) is 5.85. The highest BCUT2D eigenvalue weighted by atomic mass is 16.5. The second kappa shape index (κ2) is 6.03. The van der Waals surface area contributed by atoms with Gasteiger partial charge in [0.1, 0.15) is 0 Å².